The number of fused-ring (bicyclic) bond motifs is 2. The molecule has 3 aliphatic rings. The molecule has 3 N–H and O–H groups in total. The second kappa shape index (κ2) is 8.36. The van der Waals surface area contributed by atoms with Crippen LogP contribution in [-0.2, 0) is 14.4 Å². The maximum atomic E-state index is 12.5. The third-order valence-electron chi connectivity index (χ3n) is 6.39. The van der Waals surface area contributed by atoms with Crippen molar-refractivity contribution in [2.24, 2.45) is 16.8 Å². The molecule has 1 amide bonds. The average molecular weight is 504 g/mol. The number of β-lactam (4-membered cyclic amide) rings is 1. The van der Waals surface area contributed by atoms with Crippen LogP contribution in [0.2, 0.25) is 0 Å². The number of thioether (sulfide) groups is 1. The Morgan fingerprint density at radius 1 is 1.32 bits per heavy atom. The number of amides is 1. The summed E-state index contributed by atoms with van der Waals surface area (Å²) in [5.74, 6) is -2.51. The summed E-state index contributed by atoms with van der Waals surface area (Å²) in [7, 11) is 0. The van der Waals surface area contributed by atoms with Gasteiger partial charge in [-0.05, 0) is 25.1 Å². The number of aliphatic carboxylic acids is 2. The SMILES string of the molecule is C[C@@H](O)[C@H]1C(=O)N2C(C(=O)O)=C(COc3ccc4nc(C5=NC(C(=O)O)CS5)sc4c3)[C@H](C)[C@H]12. The van der Waals surface area contributed by atoms with Gasteiger partial charge in [0.25, 0.3) is 0 Å². The van der Waals surface area contributed by atoms with E-state index in [0.717, 1.165) is 10.2 Å². The van der Waals surface area contributed by atoms with Crippen LogP contribution in [0, 0.1) is 11.8 Å². The number of carbonyl (C=O) groups excluding carboxylic acids is 1. The van der Waals surface area contributed by atoms with Crippen molar-refractivity contribution in [3.63, 3.8) is 0 Å². The molecule has 0 saturated carbocycles. The Morgan fingerprint density at radius 3 is 2.74 bits per heavy atom. The summed E-state index contributed by atoms with van der Waals surface area (Å²) in [4.78, 5) is 45.6. The van der Waals surface area contributed by atoms with Gasteiger partial charge in [0.05, 0.1) is 28.3 Å². The van der Waals surface area contributed by atoms with Crippen molar-refractivity contribution < 1.29 is 34.4 Å². The summed E-state index contributed by atoms with van der Waals surface area (Å²) in [6, 6.07) is 4.16. The normalized spacial score (nSPS) is 27.0. The van der Waals surface area contributed by atoms with Crippen molar-refractivity contribution in [3.8, 4) is 5.75 Å². The maximum Gasteiger partial charge on any atom is 0.352 e. The first-order valence-electron chi connectivity index (χ1n) is 10.6. The Hall–Kier alpha value is -2.96. The molecule has 4 heterocycles. The van der Waals surface area contributed by atoms with Crippen LogP contribution in [0.5, 0.6) is 5.75 Å². The molecule has 1 aromatic carbocycles. The molecule has 0 bridgehead atoms. The smallest absolute Gasteiger partial charge is 0.352 e. The zero-order valence-electron chi connectivity index (χ0n) is 18.2. The van der Waals surface area contributed by atoms with Crippen LogP contribution in [0.4, 0.5) is 0 Å². The molecule has 5 atom stereocenters. The van der Waals surface area contributed by atoms with Gasteiger partial charge >= 0.3 is 11.9 Å². The number of ether oxygens (including phenoxy) is 1. The minimum atomic E-state index is -1.19. The molecule has 3 aliphatic heterocycles. The molecule has 0 radical (unpaired) electrons. The average Bonchev–Trinajstić information content (AvgIpc) is 3.47. The number of carboxylic acid groups (broad SMARTS) is 2. The van der Waals surface area contributed by atoms with Gasteiger partial charge in [-0.3, -0.25) is 9.79 Å². The van der Waals surface area contributed by atoms with Gasteiger partial charge in [-0.15, -0.1) is 23.1 Å². The zero-order valence-corrected chi connectivity index (χ0v) is 19.8. The number of rotatable bonds is 7. The van der Waals surface area contributed by atoms with E-state index in [9.17, 15) is 24.6 Å². The first kappa shape index (κ1) is 22.8. The van der Waals surface area contributed by atoms with Crippen LogP contribution in [0.3, 0.4) is 0 Å². The van der Waals surface area contributed by atoms with E-state index in [4.69, 9.17) is 9.84 Å². The molecule has 1 unspecified atom stereocenters. The highest BCUT2D eigenvalue weighted by Crippen LogP contribution is 2.47. The van der Waals surface area contributed by atoms with Crippen LogP contribution >= 0.6 is 23.1 Å². The maximum absolute atomic E-state index is 12.5. The number of benzene rings is 1. The highest BCUT2D eigenvalue weighted by molar-refractivity contribution is 8.15. The lowest BCUT2D eigenvalue weighted by Crippen LogP contribution is -2.63. The van der Waals surface area contributed by atoms with Gasteiger partial charge in [0.1, 0.15) is 28.1 Å². The van der Waals surface area contributed by atoms with Crippen molar-refractivity contribution in [2.75, 3.05) is 12.4 Å². The summed E-state index contributed by atoms with van der Waals surface area (Å²) in [5, 5.41) is 30.1. The first-order chi connectivity index (χ1) is 16.2. The molecular formula is C22H21N3O7S2. The molecule has 12 heteroatoms. The molecule has 0 spiro atoms. The third-order valence-corrected chi connectivity index (χ3v) is 8.60. The number of carboxylic acids is 2. The van der Waals surface area contributed by atoms with Crippen LogP contribution in [0.1, 0.15) is 18.9 Å². The van der Waals surface area contributed by atoms with Crippen molar-refractivity contribution in [3.05, 3.63) is 34.5 Å². The minimum Gasteiger partial charge on any atom is -0.489 e. The molecule has 1 aromatic heterocycles. The van der Waals surface area contributed by atoms with Gasteiger partial charge in [0, 0.05) is 17.2 Å². The molecule has 178 valence electrons. The summed E-state index contributed by atoms with van der Waals surface area (Å²) >= 11 is 2.74. The second-order valence-corrected chi connectivity index (χ2v) is 10.5. The van der Waals surface area contributed by atoms with Gasteiger partial charge in [0.2, 0.25) is 5.91 Å². The number of hydrogen-bond donors (Lipinski definition) is 3. The Labute approximate surface area is 201 Å². The summed E-state index contributed by atoms with van der Waals surface area (Å²) < 4.78 is 6.76. The van der Waals surface area contributed by atoms with E-state index in [1.807, 2.05) is 6.92 Å². The molecule has 1 saturated heterocycles. The van der Waals surface area contributed by atoms with Gasteiger partial charge in [0.15, 0.2) is 6.04 Å². The molecule has 34 heavy (non-hydrogen) atoms. The summed E-state index contributed by atoms with van der Waals surface area (Å²) in [6.07, 6.45) is -0.858. The molecule has 0 aliphatic carbocycles. The fraction of sp³-hybridized carbons (Fsp3) is 0.409. The van der Waals surface area contributed by atoms with E-state index in [2.05, 4.69) is 9.98 Å². The van der Waals surface area contributed by atoms with E-state index in [0.29, 0.717) is 27.1 Å². The van der Waals surface area contributed by atoms with Crippen molar-refractivity contribution >= 4 is 56.2 Å². The van der Waals surface area contributed by atoms with Crippen LogP contribution in [0.25, 0.3) is 10.2 Å². The number of aromatic nitrogens is 1. The molecule has 1 fully saturated rings. The number of carbonyl (C=O) groups is 3. The monoisotopic (exact) mass is 503 g/mol. The van der Waals surface area contributed by atoms with Crippen LogP contribution < -0.4 is 4.74 Å². The van der Waals surface area contributed by atoms with E-state index >= 15 is 0 Å². The fourth-order valence-corrected chi connectivity index (χ4v) is 6.79. The topological polar surface area (TPSA) is 150 Å². The van der Waals surface area contributed by atoms with E-state index in [1.165, 1.54) is 34.9 Å². The zero-order chi connectivity index (χ0) is 24.3. The van der Waals surface area contributed by atoms with E-state index < -0.39 is 30.0 Å². The Bertz CT molecular complexity index is 1280. The van der Waals surface area contributed by atoms with Gasteiger partial charge in [-0.2, -0.15) is 0 Å². The lowest BCUT2D eigenvalue weighted by atomic mass is 9.78. The summed E-state index contributed by atoms with van der Waals surface area (Å²) in [5.41, 5.74) is 1.17. The summed E-state index contributed by atoms with van der Waals surface area (Å²) in [6.45, 7) is 3.38. The number of thiazole rings is 1. The van der Waals surface area contributed by atoms with E-state index in [1.54, 1.807) is 18.2 Å². The third kappa shape index (κ3) is 3.56. The minimum absolute atomic E-state index is 0.00434. The van der Waals surface area contributed by atoms with Crippen molar-refractivity contribution in [2.45, 2.75) is 32.0 Å². The quantitative estimate of drug-likeness (QED) is 0.481. The second-order valence-electron chi connectivity index (χ2n) is 8.47. The van der Waals surface area contributed by atoms with Crippen molar-refractivity contribution in [1.82, 2.24) is 9.88 Å². The van der Waals surface area contributed by atoms with Crippen LogP contribution in [-0.4, -0.2) is 78.6 Å². The Kier molecular flexibility index (Phi) is 5.61. The largest absolute Gasteiger partial charge is 0.489 e. The van der Waals surface area contributed by atoms with E-state index in [-0.39, 0.29) is 30.2 Å². The predicted molar refractivity (Wildman–Crippen MR) is 125 cm³/mol. The lowest BCUT2D eigenvalue weighted by Gasteiger charge is -2.46. The molecule has 2 aromatic rings. The Morgan fingerprint density at radius 2 is 2.09 bits per heavy atom. The standard InChI is InChI=1S/C22H21N3O7S2/c1-8-11(17(22(30)31)25-16(8)15(9(2)26)20(25)27)6-32-10-3-4-12-14(5-10)34-19(23-12)18-24-13(7-33-18)21(28)29/h3-5,8-9,13,15-16,26H,6-7H2,1-2H3,(H,28,29)(H,30,31)/t8-,9+,13?,15+,16+/m0/s1. The van der Waals surface area contributed by atoms with Gasteiger partial charge < -0.3 is 25.0 Å². The predicted octanol–water partition coefficient (Wildman–Crippen LogP) is 1.82. The van der Waals surface area contributed by atoms with Gasteiger partial charge in [-0.1, -0.05) is 6.92 Å². The Balaban J connectivity index is 1.36. The number of aliphatic imine (C=N–C) groups is 1. The highest BCUT2D eigenvalue weighted by Gasteiger charge is 2.59. The number of aliphatic hydroxyl groups excluding tert-OH is 1. The lowest BCUT2D eigenvalue weighted by molar-refractivity contribution is -0.163. The number of aliphatic hydroxyl groups is 1. The van der Waals surface area contributed by atoms with Crippen LogP contribution in [0.15, 0.2) is 34.5 Å². The molecule has 5 rings (SSSR count). The number of hydrogen-bond acceptors (Lipinski definition) is 9. The molecular weight excluding hydrogens is 482 g/mol. The fourth-order valence-electron chi connectivity index (χ4n) is 4.70. The van der Waals surface area contributed by atoms with Gasteiger partial charge in [-0.25, -0.2) is 14.6 Å². The molecule has 10 nitrogen and oxygen atoms in total. The van der Waals surface area contributed by atoms with Crippen molar-refractivity contribution in [1.29, 1.82) is 0 Å². The first-order valence-corrected chi connectivity index (χ1v) is 12.4. The highest BCUT2D eigenvalue weighted by atomic mass is 32.2. The number of nitrogens with zero attached hydrogens (tertiary/aromatic N) is 3.